The fourth-order valence-corrected chi connectivity index (χ4v) is 3.67. The molecule has 2 rings (SSSR count). The van der Waals surface area contributed by atoms with Gasteiger partial charge in [0.1, 0.15) is 17.9 Å². The normalized spacial score (nSPS) is 22.6. The van der Waals surface area contributed by atoms with Crippen molar-refractivity contribution in [3.05, 3.63) is 45.4 Å². The molecule has 1 aliphatic heterocycles. The molecule has 0 spiro atoms. The Morgan fingerprint density at radius 2 is 2.00 bits per heavy atom. The summed E-state index contributed by atoms with van der Waals surface area (Å²) in [6.45, 7) is -0.997. The second-order valence-electron chi connectivity index (χ2n) is 6.23. The topological polar surface area (TPSA) is 75.6 Å². The van der Waals surface area contributed by atoms with E-state index in [9.17, 15) is 36.6 Å². The molecule has 0 saturated heterocycles. The van der Waals surface area contributed by atoms with Gasteiger partial charge < -0.3 is 15.2 Å². The number of rotatable bonds is 4. The molecule has 2 unspecified atom stereocenters. The molecule has 5 nitrogen and oxygen atoms in total. The smallest absolute Gasteiger partial charge is 0.418 e. The molecule has 1 aliphatic rings. The highest BCUT2D eigenvalue weighted by Crippen LogP contribution is 2.51. The number of alkyl halides is 4. The van der Waals surface area contributed by atoms with Crippen LogP contribution in [0.15, 0.2) is 23.4 Å². The van der Waals surface area contributed by atoms with Crippen LogP contribution in [0.4, 0.5) is 22.0 Å². The molecule has 28 heavy (non-hydrogen) atoms. The largest absolute Gasteiger partial charge is 0.478 e. The molecule has 1 aromatic carbocycles. The Kier molecular flexibility index (Phi) is 5.93. The zero-order chi connectivity index (χ0) is 21.4. The van der Waals surface area contributed by atoms with E-state index in [-0.39, 0.29) is 5.70 Å². The van der Waals surface area contributed by atoms with Gasteiger partial charge in [0, 0.05) is 23.7 Å². The van der Waals surface area contributed by atoms with Crippen molar-refractivity contribution in [2.75, 3.05) is 20.3 Å². The summed E-state index contributed by atoms with van der Waals surface area (Å²) in [5, 5.41) is 11.1. The minimum atomic E-state index is -5.20. The average molecular weight is 428 g/mol. The summed E-state index contributed by atoms with van der Waals surface area (Å²) in [6, 6.07) is 1.25. The van der Waals surface area contributed by atoms with E-state index in [1.165, 1.54) is 6.92 Å². The van der Waals surface area contributed by atoms with Crippen molar-refractivity contribution in [3.63, 3.8) is 0 Å². The molecule has 0 amide bonds. The minimum absolute atomic E-state index is 0.141. The molecule has 2 N–H and O–H groups in total. The molecule has 2 atom stereocenters. The molecule has 0 aliphatic carbocycles. The maximum Gasteiger partial charge on any atom is 0.418 e. The van der Waals surface area contributed by atoms with Crippen LogP contribution in [0.3, 0.4) is 0 Å². The van der Waals surface area contributed by atoms with Gasteiger partial charge in [-0.2, -0.15) is 13.2 Å². The monoisotopic (exact) mass is 427 g/mol. The molecule has 0 radical (unpaired) electrons. The number of aliphatic carboxylic acids is 1. The van der Waals surface area contributed by atoms with Gasteiger partial charge in [0.05, 0.1) is 23.3 Å². The molecular formula is C17H15ClF5NO4. The Balaban J connectivity index is 3.02. The highest BCUT2D eigenvalue weighted by molar-refractivity contribution is 6.31. The second kappa shape index (κ2) is 7.57. The van der Waals surface area contributed by atoms with Gasteiger partial charge in [-0.15, -0.1) is 0 Å². The van der Waals surface area contributed by atoms with Crippen LogP contribution in [-0.2, 0) is 20.5 Å². The Labute approximate surface area is 161 Å². The quantitative estimate of drug-likeness (QED) is 0.566. The van der Waals surface area contributed by atoms with Gasteiger partial charge in [0.15, 0.2) is 0 Å². The van der Waals surface area contributed by atoms with E-state index >= 15 is 0 Å². The number of ether oxygens (including phenoxy) is 1. The van der Waals surface area contributed by atoms with Crippen molar-refractivity contribution in [2.24, 2.45) is 5.41 Å². The van der Waals surface area contributed by atoms with Crippen LogP contribution >= 0.6 is 11.6 Å². The van der Waals surface area contributed by atoms with Crippen molar-refractivity contribution in [3.8, 4) is 0 Å². The number of carboxylic acid groups (broad SMARTS) is 1. The average Bonchev–Trinajstić information content (AvgIpc) is 2.61. The zero-order valence-corrected chi connectivity index (χ0v) is 15.3. The van der Waals surface area contributed by atoms with E-state index in [4.69, 9.17) is 11.6 Å². The van der Waals surface area contributed by atoms with E-state index < -0.39 is 70.2 Å². The van der Waals surface area contributed by atoms with Crippen LogP contribution in [0.2, 0.25) is 5.02 Å². The van der Waals surface area contributed by atoms with E-state index in [0.29, 0.717) is 12.1 Å². The molecular weight excluding hydrogens is 413 g/mol. The SMILES string of the molecule is COC(=O)C1(CF)CNC(C)=C(C(=O)O)C1c1c(F)ccc(Cl)c1C(F)(F)F. The summed E-state index contributed by atoms with van der Waals surface area (Å²) in [4.78, 5) is 24.2. The lowest BCUT2D eigenvalue weighted by atomic mass is 9.65. The molecule has 1 heterocycles. The predicted molar refractivity (Wildman–Crippen MR) is 87.9 cm³/mol. The lowest BCUT2D eigenvalue weighted by molar-refractivity contribution is -0.156. The van der Waals surface area contributed by atoms with E-state index in [2.05, 4.69) is 10.1 Å². The first kappa shape index (κ1) is 21.9. The number of benzene rings is 1. The summed E-state index contributed by atoms with van der Waals surface area (Å²) in [5.41, 5.74) is -6.28. The molecule has 0 fully saturated rings. The maximum absolute atomic E-state index is 14.7. The summed E-state index contributed by atoms with van der Waals surface area (Å²) in [5.74, 6) is -6.69. The molecule has 154 valence electrons. The highest BCUT2D eigenvalue weighted by Gasteiger charge is 2.56. The lowest BCUT2D eigenvalue weighted by Gasteiger charge is -2.42. The fourth-order valence-electron chi connectivity index (χ4n) is 3.39. The Bertz CT molecular complexity index is 855. The molecule has 0 aromatic heterocycles. The third-order valence-electron chi connectivity index (χ3n) is 4.69. The number of halogens is 6. The number of carbonyl (C=O) groups is 2. The van der Waals surface area contributed by atoms with Gasteiger partial charge in [-0.3, -0.25) is 4.79 Å². The number of hydrogen-bond donors (Lipinski definition) is 2. The lowest BCUT2D eigenvalue weighted by Crippen LogP contribution is -2.53. The highest BCUT2D eigenvalue weighted by atomic mass is 35.5. The third kappa shape index (κ3) is 3.41. The summed E-state index contributed by atoms with van der Waals surface area (Å²) < 4.78 is 74.4. The number of nitrogens with one attached hydrogen (secondary N) is 1. The van der Waals surface area contributed by atoms with Crippen molar-refractivity contribution in [1.29, 1.82) is 0 Å². The van der Waals surface area contributed by atoms with Crippen LogP contribution in [-0.4, -0.2) is 37.4 Å². The number of methoxy groups -OCH3 is 1. The number of allylic oxidation sites excluding steroid dienone is 1. The van der Waals surface area contributed by atoms with Gasteiger partial charge in [-0.25, -0.2) is 13.6 Å². The van der Waals surface area contributed by atoms with Crippen LogP contribution < -0.4 is 5.32 Å². The molecule has 0 bridgehead atoms. The number of carboxylic acids is 1. The van der Waals surface area contributed by atoms with E-state index in [1.54, 1.807) is 0 Å². The Morgan fingerprint density at radius 1 is 1.39 bits per heavy atom. The summed E-state index contributed by atoms with van der Waals surface area (Å²) in [6.07, 6.45) is -5.20. The third-order valence-corrected chi connectivity index (χ3v) is 5.00. The van der Waals surface area contributed by atoms with Gasteiger partial charge >= 0.3 is 18.1 Å². The number of carbonyl (C=O) groups excluding carboxylic acids is 1. The Hall–Kier alpha value is -2.36. The van der Waals surface area contributed by atoms with Gasteiger partial charge in [0.25, 0.3) is 0 Å². The fraction of sp³-hybridized carbons (Fsp3) is 0.412. The Morgan fingerprint density at radius 3 is 2.46 bits per heavy atom. The first-order valence-electron chi connectivity index (χ1n) is 7.79. The zero-order valence-electron chi connectivity index (χ0n) is 14.6. The number of esters is 1. The maximum atomic E-state index is 14.7. The van der Waals surface area contributed by atoms with Gasteiger partial charge in [0.2, 0.25) is 0 Å². The molecule has 1 aromatic rings. The first-order valence-corrected chi connectivity index (χ1v) is 8.17. The molecule has 11 heteroatoms. The van der Waals surface area contributed by atoms with Crippen LogP contribution in [0, 0.1) is 11.2 Å². The van der Waals surface area contributed by atoms with Crippen molar-refractivity contribution in [2.45, 2.75) is 19.0 Å². The van der Waals surface area contributed by atoms with Crippen LogP contribution in [0.5, 0.6) is 0 Å². The summed E-state index contributed by atoms with van der Waals surface area (Å²) in [7, 11) is 0.863. The summed E-state index contributed by atoms with van der Waals surface area (Å²) >= 11 is 5.64. The van der Waals surface area contributed by atoms with Crippen LogP contribution in [0.25, 0.3) is 0 Å². The first-order chi connectivity index (χ1) is 12.9. The second-order valence-corrected chi connectivity index (χ2v) is 6.63. The number of hydrogen-bond acceptors (Lipinski definition) is 4. The van der Waals surface area contributed by atoms with Crippen LogP contribution in [0.1, 0.15) is 24.0 Å². The van der Waals surface area contributed by atoms with E-state index in [1.807, 2.05) is 0 Å². The molecule has 0 saturated carbocycles. The van der Waals surface area contributed by atoms with Gasteiger partial charge in [-0.1, -0.05) is 11.6 Å². The van der Waals surface area contributed by atoms with E-state index in [0.717, 1.165) is 7.11 Å². The standard InChI is InChI=1S/C17H15ClF5NO4/c1-7-10(14(25)26)13(16(5-19,6-24-7)15(27)28-2)11-9(20)4-3-8(18)12(11)17(21,22)23/h3-4,13,24H,5-6H2,1-2H3,(H,25,26). The van der Waals surface area contributed by atoms with Crippen molar-refractivity contribution >= 4 is 23.5 Å². The van der Waals surface area contributed by atoms with Crippen molar-refractivity contribution < 1.29 is 41.4 Å². The van der Waals surface area contributed by atoms with Gasteiger partial charge in [-0.05, 0) is 19.1 Å². The minimum Gasteiger partial charge on any atom is -0.478 e. The predicted octanol–water partition coefficient (Wildman–Crippen LogP) is 3.67. The van der Waals surface area contributed by atoms with Crippen molar-refractivity contribution in [1.82, 2.24) is 5.32 Å².